The molecule has 2 aromatic carbocycles. The number of ether oxygens (including phenoxy) is 2. The molecule has 0 amide bonds. The molecule has 9 nitrogen and oxygen atoms in total. The van der Waals surface area contributed by atoms with Crippen LogP contribution in [0.3, 0.4) is 0 Å². The molecule has 44 heavy (non-hydrogen) atoms. The summed E-state index contributed by atoms with van der Waals surface area (Å²) in [6.07, 6.45) is 3.39. The molecule has 1 aliphatic carbocycles. The first-order chi connectivity index (χ1) is 21.2. The van der Waals surface area contributed by atoms with Crippen LogP contribution in [-0.2, 0) is 17.9 Å². The minimum absolute atomic E-state index is 0.0238. The fourth-order valence-electron chi connectivity index (χ4n) is 6.44. The number of aromatic carboxylic acids is 1. The summed E-state index contributed by atoms with van der Waals surface area (Å²) in [5.74, 6) is -2.82. The maximum atomic E-state index is 14.9. The lowest BCUT2D eigenvalue weighted by atomic mass is 9.90. The van der Waals surface area contributed by atoms with Crippen molar-refractivity contribution < 1.29 is 32.5 Å². The van der Waals surface area contributed by atoms with E-state index in [-0.39, 0.29) is 46.6 Å². The quantitative estimate of drug-likeness (QED) is 0.279. The summed E-state index contributed by atoms with van der Waals surface area (Å²) < 4.78 is 57.0. The third-order valence-electron chi connectivity index (χ3n) is 9.19. The van der Waals surface area contributed by atoms with Crippen molar-refractivity contribution in [2.24, 2.45) is 5.41 Å². The fraction of sp³-hybridized carbons (Fsp3) is 0.375. The zero-order valence-electron chi connectivity index (χ0n) is 23.6. The van der Waals surface area contributed by atoms with E-state index in [9.17, 15) is 23.1 Å². The molecule has 1 N–H and O–H groups in total. The van der Waals surface area contributed by atoms with Crippen molar-refractivity contribution in [1.82, 2.24) is 14.5 Å². The summed E-state index contributed by atoms with van der Waals surface area (Å²) in [7, 11) is 0. The van der Waals surface area contributed by atoms with Crippen LogP contribution in [0, 0.1) is 34.2 Å². The highest BCUT2D eigenvalue weighted by molar-refractivity contribution is 5.92. The molecular formula is C32H28F3N5O4. The maximum Gasteiger partial charge on any atom is 0.335 e. The van der Waals surface area contributed by atoms with Crippen molar-refractivity contribution in [1.29, 1.82) is 5.26 Å². The number of carboxylic acids is 1. The first kappa shape index (κ1) is 28.2. The van der Waals surface area contributed by atoms with Crippen molar-refractivity contribution in [3.63, 3.8) is 0 Å². The van der Waals surface area contributed by atoms with Crippen molar-refractivity contribution >= 4 is 22.8 Å². The number of anilines is 1. The lowest BCUT2D eigenvalue weighted by Gasteiger charge is -2.34. The third-order valence-corrected chi connectivity index (χ3v) is 9.19. The number of piperidine rings is 1. The lowest BCUT2D eigenvalue weighted by molar-refractivity contribution is -0.0590. The monoisotopic (exact) mass is 603 g/mol. The van der Waals surface area contributed by atoms with Gasteiger partial charge in [0.25, 0.3) is 5.88 Å². The van der Waals surface area contributed by atoms with Crippen molar-refractivity contribution in [3.05, 3.63) is 82.4 Å². The van der Waals surface area contributed by atoms with Crippen LogP contribution in [0.1, 0.15) is 58.9 Å². The number of aromatic nitrogens is 3. The van der Waals surface area contributed by atoms with Gasteiger partial charge in [-0.25, -0.2) is 22.9 Å². The van der Waals surface area contributed by atoms with E-state index in [0.29, 0.717) is 26.2 Å². The number of nitrogens with zero attached hydrogens (tertiary/aromatic N) is 5. The van der Waals surface area contributed by atoms with Gasteiger partial charge in [0.05, 0.1) is 40.9 Å². The minimum Gasteiger partial charge on any atom is -0.478 e. The largest absolute Gasteiger partial charge is 0.478 e. The Morgan fingerprint density at radius 2 is 1.89 bits per heavy atom. The highest BCUT2D eigenvalue weighted by Crippen LogP contribution is 2.65. The van der Waals surface area contributed by atoms with Gasteiger partial charge in [-0.2, -0.15) is 10.2 Å². The molecule has 0 radical (unpaired) electrons. The second-order valence-electron chi connectivity index (χ2n) is 11.8. The molecule has 0 unspecified atom stereocenters. The number of halogens is 3. The smallest absolute Gasteiger partial charge is 0.335 e. The maximum absolute atomic E-state index is 14.9. The molecule has 2 atom stereocenters. The normalized spacial score (nSPS) is 20.4. The second kappa shape index (κ2) is 10.8. The molecule has 4 heterocycles. The summed E-state index contributed by atoms with van der Waals surface area (Å²) in [5, 5.41) is 18.5. The molecule has 12 heteroatoms. The fourth-order valence-corrected chi connectivity index (χ4v) is 6.44. The highest BCUT2D eigenvalue weighted by atomic mass is 19.1. The first-order valence-electron chi connectivity index (χ1n) is 14.5. The van der Waals surface area contributed by atoms with E-state index in [1.54, 1.807) is 23.1 Å². The molecule has 3 aliphatic rings. The van der Waals surface area contributed by atoms with E-state index in [4.69, 9.17) is 19.7 Å². The zero-order valence-corrected chi connectivity index (χ0v) is 23.6. The molecule has 0 bridgehead atoms. The van der Waals surface area contributed by atoms with Gasteiger partial charge in [0.2, 0.25) is 0 Å². The average Bonchev–Trinajstić information content (AvgIpc) is 3.56. The summed E-state index contributed by atoms with van der Waals surface area (Å²) in [6.45, 7) is 1.96. The van der Waals surface area contributed by atoms with Crippen LogP contribution in [0.5, 0.6) is 5.88 Å². The lowest BCUT2D eigenvalue weighted by Crippen LogP contribution is -2.36. The topological polar surface area (TPSA) is 114 Å². The van der Waals surface area contributed by atoms with E-state index >= 15 is 0 Å². The number of rotatable bonds is 8. The number of carboxylic acid groups (broad SMARTS) is 1. The predicted octanol–water partition coefficient (Wildman–Crippen LogP) is 5.56. The predicted molar refractivity (Wildman–Crippen MR) is 152 cm³/mol. The SMILES string of the molecule is N#Cc1ccc(COc2nc(N3CCC4(CC3)C[C@@H]4c3nc4ccc(C(=O)O)cc4n3C[C@@H]3CCO3)c(F)cc2F)c(F)c1. The average molecular weight is 604 g/mol. The number of benzene rings is 2. The molecular weight excluding hydrogens is 575 g/mol. The molecule has 1 saturated carbocycles. The highest BCUT2D eigenvalue weighted by Gasteiger charge is 2.57. The molecule has 7 rings (SSSR count). The number of hydrogen-bond acceptors (Lipinski definition) is 7. The molecule has 1 spiro atoms. The van der Waals surface area contributed by atoms with Crippen molar-refractivity contribution in [2.75, 3.05) is 24.6 Å². The Hall–Kier alpha value is -4.63. The van der Waals surface area contributed by atoms with Gasteiger partial charge in [-0.3, -0.25) is 0 Å². The van der Waals surface area contributed by atoms with Crippen LogP contribution in [0.25, 0.3) is 11.0 Å². The number of imidazole rings is 1. The number of fused-ring (bicyclic) bond motifs is 1. The van der Waals surface area contributed by atoms with Crippen LogP contribution in [0.15, 0.2) is 42.5 Å². The summed E-state index contributed by atoms with van der Waals surface area (Å²) in [4.78, 5) is 22.5. The van der Waals surface area contributed by atoms with Gasteiger partial charge in [0.15, 0.2) is 17.5 Å². The van der Waals surface area contributed by atoms with Crippen LogP contribution in [-0.4, -0.2) is 51.4 Å². The Kier molecular flexibility index (Phi) is 6.93. The number of nitriles is 1. The van der Waals surface area contributed by atoms with Crippen LogP contribution in [0.4, 0.5) is 19.0 Å². The molecule has 226 valence electrons. The van der Waals surface area contributed by atoms with Gasteiger partial charge in [-0.1, -0.05) is 6.07 Å². The summed E-state index contributed by atoms with van der Waals surface area (Å²) >= 11 is 0. The van der Waals surface area contributed by atoms with Gasteiger partial charge < -0.3 is 24.0 Å². The van der Waals surface area contributed by atoms with Crippen molar-refractivity contribution in [2.45, 2.75) is 50.9 Å². The zero-order chi connectivity index (χ0) is 30.6. The number of carbonyl (C=O) groups is 1. The van der Waals surface area contributed by atoms with Gasteiger partial charge in [0, 0.05) is 37.2 Å². The van der Waals surface area contributed by atoms with Crippen LogP contribution >= 0.6 is 0 Å². The molecule has 2 saturated heterocycles. The number of pyridine rings is 1. The Balaban J connectivity index is 1.07. The number of hydrogen-bond donors (Lipinski definition) is 1. The van der Waals surface area contributed by atoms with E-state index in [1.165, 1.54) is 12.1 Å². The Labute approximate surface area is 250 Å². The van der Waals surface area contributed by atoms with Crippen molar-refractivity contribution in [3.8, 4) is 11.9 Å². The van der Waals surface area contributed by atoms with Gasteiger partial charge in [-0.05, 0) is 61.4 Å². The van der Waals surface area contributed by atoms with E-state index in [0.717, 1.165) is 54.7 Å². The molecule has 2 aromatic heterocycles. The van der Waals surface area contributed by atoms with Gasteiger partial charge in [-0.15, -0.1) is 0 Å². The Morgan fingerprint density at radius 3 is 2.57 bits per heavy atom. The van der Waals surface area contributed by atoms with Crippen LogP contribution in [0.2, 0.25) is 0 Å². The molecule has 2 aliphatic heterocycles. The Bertz CT molecular complexity index is 1820. The van der Waals surface area contributed by atoms with Crippen LogP contribution < -0.4 is 9.64 Å². The standard InChI is InChI=1S/C32H28F3N5O4/c33-23-11-18(15-36)1-2-20(23)17-44-30-25(35)13-24(34)29(38-30)39-8-6-32(7-9-39)14-22(32)28-37-26-4-3-19(31(41)42)12-27(26)40(28)16-21-5-10-43-21/h1-4,11-13,21-22H,5-10,14,16-17H2,(H,41,42)/t21-,22+/m0/s1. The van der Waals surface area contributed by atoms with E-state index in [2.05, 4.69) is 9.55 Å². The van der Waals surface area contributed by atoms with E-state index < -0.39 is 29.3 Å². The first-order valence-corrected chi connectivity index (χ1v) is 14.5. The second-order valence-corrected chi connectivity index (χ2v) is 11.8. The third kappa shape index (κ3) is 5.01. The van der Waals surface area contributed by atoms with Gasteiger partial charge in [0.1, 0.15) is 18.2 Å². The summed E-state index contributed by atoms with van der Waals surface area (Å²) in [5.41, 5.74) is 1.96. The van der Waals surface area contributed by atoms with E-state index in [1.807, 2.05) is 6.07 Å². The summed E-state index contributed by atoms with van der Waals surface area (Å²) in [6, 6.07) is 11.4. The minimum atomic E-state index is -0.993. The van der Waals surface area contributed by atoms with Gasteiger partial charge >= 0.3 is 5.97 Å². The molecule has 3 fully saturated rings. The Morgan fingerprint density at radius 1 is 1.09 bits per heavy atom. The molecule has 4 aromatic rings.